The van der Waals surface area contributed by atoms with Crippen molar-refractivity contribution in [3.8, 4) is 5.75 Å². The molecule has 10 heavy (non-hydrogen) atoms. The van der Waals surface area contributed by atoms with Gasteiger partial charge in [-0.25, -0.2) is 0 Å². The Morgan fingerprint density at radius 3 is 2.40 bits per heavy atom. The quantitative estimate of drug-likeness (QED) is 0.339. The second-order valence-electron chi connectivity index (χ2n) is 1.87. The highest BCUT2D eigenvalue weighted by Crippen LogP contribution is 2.07. The Hall–Kier alpha value is -1.51. The Bertz CT molecular complexity index is 228. The Kier molecular flexibility index (Phi) is 1.89. The fourth-order valence-corrected chi connectivity index (χ4v) is 0.646. The van der Waals surface area contributed by atoms with Crippen LogP contribution in [0.15, 0.2) is 29.4 Å². The molecule has 0 bridgehead atoms. The normalized spacial score (nSPS) is 10.4. The van der Waals surface area contributed by atoms with Gasteiger partial charge < -0.3 is 10.9 Å². The number of nitrogens with zero attached hydrogens (tertiary/aromatic N) is 1. The first-order valence-electron chi connectivity index (χ1n) is 2.85. The lowest BCUT2D eigenvalue weighted by atomic mass is 10.2. The SMILES string of the molecule is N/N=C\c1ccc(O)cc1. The van der Waals surface area contributed by atoms with Crippen molar-refractivity contribution in [1.29, 1.82) is 0 Å². The highest BCUT2D eigenvalue weighted by Gasteiger charge is 1.86. The molecule has 0 amide bonds. The third-order valence-corrected chi connectivity index (χ3v) is 1.12. The molecule has 0 spiro atoms. The van der Waals surface area contributed by atoms with Gasteiger partial charge in [0.05, 0.1) is 6.21 Å². The number of phenolic OH excluding ortho intramolecular Hbond substituents is 1. The average Bonchev–Trinajstić information content (AvgIpc) is 1.95. The summed E-state index contributed by atoms with van der Waals surface area (Å²) in [5.41, 5.74) is 0.875. The van der Waals surface area contributed by atoms with Gasteiger partial charge in [-0.2, -0.15) is 5.10 Å². The van der Waals surface area contributed by atoms with E-state index in [1.54, 1.807) is 24.3 Å². The van der Waals surface area contributed by atoms with Crippen molar-refractivity contribution in [3.05, 3.63) is 29.8 Å². The molecule has 3 heteroatoms. The van der Waals surface area contributed by atoms with Gasteiger partial charge in [0, 0.05) is 0 Å². The number of aromatic hydroxyl groups is 1. The van der Waals surface area contributed by atoms with Crippen LogP contribution in [0.3, 0.4) is 0 Å². The van der Waals surface area contributed by atoms with E-state index in [2.05, 4.69) is 5.10 Å². The van der Waals surface area contributed by atoms with Gasteiger partial charge in [0.1, 0.15) is 5.75 Å². The number of hydrazone groups is 1. The zero-order valence-corrected chi connectivity index (χ0v) is 5.36. The van der Waals surface area contributed by atoms with Crippen LogP contribution in [0.1, 0.15) is 5.56 Å². The monoisotopic (exact) mass is 136 g/mol. The number of hydrogen-bond donors (Lipinski definition) is 2. The summed E-state index contributed by atoms with van der Waals surface area (Å²) in [4.78, 5) is 0. The fourth-order valence-electron chi connectivity index (χ4n) is 0.646. The molecule has 3 nitrogen and oxygen atoms in total. The van der Waals surface area contributed by atoms with E-state index >= 15 is 0 Å². The summed E-state index contributed by atoms with van der Waals surface area (Å²) in [6.07, 6.45) is 1.51. The van der Waals surface area contributed by atoms with Crippen LogP contribution in [-0.4, -0.2) is 11.3 Å². The van der Waals surface area contributed by atoms with Gasteiger partial charge in [-0.1, -0.05) is 0 Å². The van der Waals surface area contributed by atoms with Gasteiger partial charge in [0.25, 0.3) is 0 Å². The molecule has 1 rings (SSSR count). The lowest BCUT2D eigenvalue weighted by Crippen LogP contribution is -1.84. The van der Waals surface area contributed by atoms with E-state index in [4.69, 9.17) is 10.9 Å². The minimum absolute atomic E-state index is 0.245. The van der Waals surface area contributed by atoms with Gasteiger partial charge in [-0.05, 0) is 29.8 Å². The lowest BCUT2D eigenvalue weighted by Gasteiger charge is -1.90. The topological polar surface area (TPSA) is 58.6 Å². The third-order valence-electron chi connectivity index (χ3n) is 1.12. The highest BCUT2D eigenvalue weighted by molar-refractivity contribution is 5.79. The van der Waals surface area contributed by atoms with Gasteiger partial charge in [-0.15, -0.1) is 0 Å². The van der Waals surface area contributed by atoms with Crippen molar-refractivity contribution >= 4 is 6.21 Å². The summed E-state index contributed by atoms with van der Waals surface area (Å²) >= 11 is 0. The van der Waals surface area contributed by atoms with Crippen LogP contribution >= 0.6 is 0 Å². The van der Waals surface area contributed by atoms with Crippen molar-refractivity contribution in [2.75, 3.05) is 0 Å². The largest absolute Gasteiger partial charge is 0.508 e. The molecule has 0 saturated heterocycles. The van der Waals surface area contributed by atoms with E-state index in [1.807, 2.05) is 0 Å². The van der Waals surface area contributed by atoms with Crippen LogP contribution in [0.2, 0.25) is 0 Å². The Labute approximate surface area is 58.8 Å². The third kappa shape index (κ3) is 1.48. The smallest absolute Gasteiger partial charge is 0.115 e. The lowest BCUT2D eigenvalue weighted by molar-refractivity contribution is 0.475. The van der Waals surface area contributed by atoms with Gasteiger partial charge in [0.15, 0.2) is 0 Å². The predicted molar refractivity (Wildman–Crippen MR) is 39.9 cm³/mol. The van der Waals surface area contributed by atoms with Crippen LogP contribution in [0, 0.1) is 0 Å². The maximum Gasteiger partial charge on any atom is 0.115 e. The first-order chi connectivity index (χ1) is 4.83. The van der Waals surface area contributed by atoms with Crippen LogP contribution in [0.25, 0.3) is 0 Å². The molecule has 0 atom stereocenters. The maximum atomic E-state index is 8.85. The van der Waals surface area contributed by atoms with Gasteiger partial charge >= 0.3 is 0 Å². The van der Waals surface area contributed by atoms with E-state index < -0.39 is 0 Å². The first kappa shape index (κ1) is 6.61. The zero-order valence-electron chi connectivity index (χ0n) is 5.36. The average molecular weight is 136 g/mol. The second kappa shape index (κ2) is 2.87. The van der Waals surface area contributed by atoms with Gasteiger partial charge in [0.2, 0.25) is 0 Å². The Morgan fingerprint density at radius 2 is 1.90 bits per heavy atom. The van der Waals surface area contributed by atoms with Crippen LogP contribution in [-0.2, 0) is 0 Å². The van der Waals surface area contributed by atoms with Gasteiger partial charge in [-0.3, -0.25) is 0 Å². The first-order valence-corrected chi connectivity index (χ1v) is 2.85. The van der Waals surface area contributed by atoms with Crippen molar-refractivity contribution in [2.45, 2.75) is 0 Å². The molecule has 3 N–H and O–H groups in total. The minimum atomic E-state index is 0.245. The standard InChI is InChI=1S/C7H8N2O/c8-9-5-6-1-3-7(10)4-2-6/h1-5,10H,8H2/b9-5-. The number of phenols is 1. The number of hydrogen-bond acceptors (Lipinski definition) is 3. The van der Waals surface area contributed by atoms with Crippen molar-refractivity contribution in [2.24, 2.45) is 10.9 Å². The zero-order chi connectivity index (χ0) is 7.40. The second-order valence-corrected chi connectivity index (χ2v) is 1.87. The van der Waals surface area contributed by atoms with Crippen LogP contribution < -0.4 is 5.84 Å². The van der Waals surface area contributed by atoms with Crippen LogP contribution in [0.4, 0.5) is 0 Å². The molecule has 1 aromatic rings. The molecule has 1 aromatic carbocycles. The molecule has 52 valence electrons. The molecule has 0 fully saturated rings. The fraction of sp³-hybridized carbons (Fsp3) is 0. The molecule has 0 unspecified atom stereocenters. The summed E-state index contributed by atoms with van der Waals surface area (Å²) in [7, 11) is 0. The molecule has 0 aliphatic heterocycles. The summed E-state index contributed by atoms with van der Waals surface area (Å²) < 4.78 is 0. The molecule has 0 aliphatic carbocycles. The summed E-state index contributed by atoms with van der Waals surface area (Å²) in [5, 5.41) is 12.2. The van der Waals surface area contributed by atoms with Crippen molar-refractivity contribution < 1.29 is 5.11 Å². The Balaban J connectivity index is 2.89. The van der Waals surface area contributed by atoms with E-state index in [-0.39, 0.29) is 5.75 Å². The molecule has 0 aromatic heterocycles. The number of benzene rings is 1. The molecule has 0 heterocycles. The van der Waals surface area contributed by atoms with Crippen LogP contribution in [0.5, 0.6) is 5.75 Å². The molecule has 0 saturated carbocycles. The predicted octanol–water partition coefficient (Wildman–Crippen LogP) is 0.685. The number of rotatable bonds is 1. The van der Waals surface area contributed by atoms with E-state index in [1.165, 1.54) is 6.21 Å². The summed E-state index contributed by atoms with van der Waals surface area (Å²) in [5.74, 6) is 5.15. The van der Waals surface area contributed by atoms with E-state index in [9.17, 15) is 0 Å². The minimum Gasteiger partial charge on any atom is -0.508 e. The molecule has 0 radical (unpaired) electrons. The summed E-state index contributed by atoms with van der Waals surface area (Å²) in [6, 6.07) is 6.62. The van der Waals surface area contributed by atoms with E-state index in [0.29, 0.717) is 0 Å². The highest BCUT2D eigenvalue weighted by atomic mass is 16.3. The van der Waals surface area contributed by atoms with E-state index in [0.717, 1.165) is 5.56 Å². The molecular formula is C7H8N2O. The number of nitrogens with two attached hydrogens (primary N) is 1. The molecule has 0 aliphatic rings. The summed E-state index contributed by atoms with van der Waals surface area (Å²) in [6.45, 7) is 0. The van der Waals surface area contributed by atoms with Crippen molar-refractivity contribution in [3.63, 3.8) is 0 Å². The Morgan fingerprint density at radius 1 is 1.30 bits per heavy atom. The van der Waals surface area contributed by atoms with Crippen molar-refractivity contribution in [1.82, 2.24) is 0 Å². The maximum absolute atomic E-state index is 8.85. The molecular weight excluding hydrogens is 128 g/mol.